The van der Waals surface area contributed by atoms with E-state index in [4.69, 9.17) is 4.74 Å². The van der Waals surface area contributed by atoms with Gasteiger partial charge in [0, 0.05) is 12.1 Å². The minimum atomic E-state index is -0.216. The number of anilines is 1. The molecule has 1 aromatic carbocycles. The lowest BCUT2D eigenvalue weighted by molar-refractivity contribution is 0.397. The number of hydrogen-bond acceptors (Lipinski definition) is 2. The first kappa shape index (κ1) is 12.5. The number of rotatable bonds is 4. The van der Waals surface area contributed by atoms with Gasteiger partial charge in [-0.25, -0.2) is 4.39 Å². The summed E-state index contributed by atoms with van der Waals surface area (Å²) in [6, 6.07) is 5.11. The molecular weight excluding hydrogens is 241 g/mol. The van der Waals surface area contributed by atoms with Crippen LogP contribution in [0.3, 0.4) is 0 Å². The topological polar surface area (TPSA) is 21.3 Å². The first-order chi connectivity index (χ1) is 9.17. The molecule has 0 amide bonds. The van der Waals surface area contributed by atoms with Crippen molar-refractivity contribution >= 4 is 5.69 Å². The number of hydrogen-bond donors (Lipinski definition) is 1. The van der Waals surface area contributed by atoms with Crippen molar-refractivity contribution in [1.82, 2.24) is 0 Å². The van der Waals surface area contributed by atoms with E-state index < -0.39 is 0 Å². The number of nitrogens with one attached hydrogen (secondary N) is 1. The minimum absolute atomic E-state index is 0.216. The monoisotopic (exact) mass is 261 g/mol. The maximum atomic E-state index is 13.8. The SMILES string of the molecule is COc1ccc(F)c(NC(C)C2CC3C=CC2C3)c1. The van der Waals surface area contributed by atoms with Gasteiger partial charge in [0.25, 0.3) is 0 Å². The number of allylic oxidation sites excluding steroid dienone is 2. The van der Waals surface area contributed by atoms with Gasteiger partial charge in [-0.05, 0) is 49.7 Å². The number of ether oxygens (including phenoxy) is 1. The predicted octanol–water partition coefficient (Wildman–Crippen LogP) is 3.85. The van der Waals surface area contributed by atoms with Crippen LogP contribution in [0.4, 0.5) is 10.1 Å². The Hall–Kier alpha value is -1.51. The summed E-state index contributed by atoms with van der Waals surface area (Å²) in [5.74, 6) is 2.49. The zero-order valence-corrected chi connectivity index (χ0v) is 11.4. The van der Waals surface area contributed by atoms with E-state index >= 15 is 0 Å². The van der Waals surface area contributed by atoms with Crippen LogP contribution in [0.5, 0.6) is 5.75 Å². The van der Waals surface area contributed by atoms with Crippen LogP contribution in [0.1, 0.15) is 19.8 Å². The first-order valence-electron chi connectivity index (χ1n) is 6.96. The summed E-state index contributed by atoms with van der Waals surface area (Å²) in [6.45, 7) is 2.15. The van der Waals surface area contributed by atoms with Crippen molar-refractivity contribution in [2.45, 2.75) is 25.8 Å². The van der Waals surface area contributed by atoms with Crippen LogP contribution in [0.25, 0.3) is 0 Å². The Morgan fingerprint density at radius 1 is 1.32 bits per heavy atom. The van der Waals surface area contributed by atoms with Crippen molar-refractivity contribution in [3.8, 4) is 5.75 Å². The summed E-state index contributed by atoms with van der Waals surface area (Å²) in [7, 11) is 1.60. The molecule has 1 aromatic rings. The van der Waals surface area contributed by atoms with E-state index in [-0.39, 0.29) is 11.9 Å². The Labute approximate surface area is 113 Å². The molecule has 0 heterocycles. The van der Waals surface area contributed by atoms with Crippen LogP contribution in [0.2, 0.25) is 0 Å². The largest absolute Gasteiger partial charge is 0.497 e. The predicted molar refractivity (Wildman–Crippen MR) is 74.9 cm³/mol. The van der Waals surface area contributed by atoms with E-state index in [1.807, 2.05) is 0 Å². The van der Waals surface area contributed by atoms with Gasteiger partial charge < -0.3 is 10.1 Å². The average molecular weight is 261 g/mol. The molecule has 0 spiro atoms. The van der Waals surface area contributed by atoms with E-state index in [9.17, 15) is 4.39 Å². The lowest BCUT2D eigenvalue weighted by atomic mass is 9.87. The third-order valence-corrected chi connectivity index (χ3v) is 4.53. The maximum absolute atomic E-state index is 13.8. The minimum Gasteiger partial charge on any atom is -0.497 e. The molecule has 1 N–H and O–H groups in total. The fourth-order valence-electron chi connectivity index (χ4n) is 3.49. The fourth-order valence-corrected chi connectivity index (χ4v) is 3.49. The molecule has 1 fully saturated rings. The normalized spacial score (nSPS) is 29.5. The molecule has 0 saturated heterocycles. The lowest BCUT2D eigenvalue weighted by Crippen LogP contribution is -2.29. The van der Waals surface area contributed by atoms with Crippen molar-refractivity contribution in [2.24, 2.45) is 17.8 Å². The van der Waals surface area contributed by atoms with Gasteiger partial charge in [0.15, 0.2) is 0 Å². The summed E-state index contributed by atoms with van der Waals surface area (Å²) in [4.78, 5) is 0. The van der Waals surface area contributed by atoms with Crippen LogP contribution < -0.4 is 10.1 Å². The highest BCUT2D eigenvalue weighted by molar-refractivity contribution is 5.50. The highest BCUT2D eigenvalue weighted by atomic mass is 19.1. The Balaban J connectivity index is 1.72. The Bertz CT molecular complexity index is 500. The molecule has 2 aliphatic carbocycles. The summed E-state index contributed by atoms with van der Waals surface area (Å²) >= 11 is 0. The molecule has 19 heavy (non-hydrogen) atoms. The highest BCUT2D eigenvalue weighted by Gasteiger charge is 2.38. The van der Waals surface area contributed by atoms with Crippen molar-refractivity contribution in [1.29, 1.82) is 0 Å². The first-order valence-corrected chi connectivity index (χ1v) is 6.96. The zero-order valence-electron chi connectivity index (χ0n) is 11.4. The molecule has 2 nitrogen and oxygen atoms in total. The van der Waals surface area contributed by atoms with E-state index in [0.717, 1.165) is 5.92 Å². The van der Waals surface area contributed by atoms with Gasteiger partial charge in [0.1, 0.15) is 11.6 Å². The van der Waals surface area contributed by atoms with E-state index in [0.29, 0.717) is 23.3 Å². The average Bonchev–Trinajstić information content (AvgIpc) is 3.03. The summed E-state index contributed by atoms with van der Waals surface area (Å²) in [6.07, 6.45) is 7.16. The molecule has 2 aliphatic rings. The van der Waals surface area contributed by atoms with Crippen molar-refractivity contribution in [3.63, 3.8) is 0 Å². The lowest BCUT2D eigenvalue weighted by Gasteiger charge is -2.27. The van der Waals surface area contributed by atoms with Gasteiger partial charge in [-0.3, -0.25) is 0 Å². The van der Waals surface area contributed by atoms with Crippen LogP contribution >= 0.6 is 0 Å². The Morgan fingerprint density at radius 3 is 2.79 bits per heavy atom. The van der Waals surface area contributed by atoms with E-state index in [1.165, 1.54) is 18.9 Å². The number of benzene rings is 1. The molecule has 3 heteroatoms. The Kier molecular flexibility index (Phi) is 3.21. The number of methoxy groups -OCH3 is 1. The smallest absolute Gasteiger partial charge is 0.146 e. The van der Waals surface area contributed by atoms with Gasteiger partial charge in [-0.2, -0.15) is 0 Å². The molecule has 0 aromatic heterocycles. The number of fused-ring (bicyclic) bond motifs is 2. The standard InChI is InChI=1S/C16H20FNO/c1-10(14-8-11-3-4-12(14)7-11)18-16-9-13(19-2)5-6-15(16)17/h3-6,9-12,14,18H,7-8H2,1-2H3. The Morgan fingerprint density at radius 2 is 2.16 bits per heavy atom. The van der Waals surface area contributed by atoms with Gasteiger partial charge in [0.2, 0.25) is 0 Å². The highest BCUT2D eigenvalue weighted by Crippen LogP contribution is 2.45. The van der Waals surface area contributed by atoms with Crippen molar-refractivity contribution < 1.29 is 9.13 Å². The quantitative estimate of drug-likeness (QED) is 0.831. The second-order valence-corrected chi connectivity index (χ2v) is 5.72. The van der Waals surface area contributed by atoms with Gasteiger partial charge in [0.05, 0.1) is 12.8 Å². The van der Waals surface area contributed by atoms with Crippen molar-refractivity contribution in [3.05, 3.63) is 36.2 Å². The molecule has 1 saturated carbocycles. The zero-order chi connectivity index (χ0) is 13.4. The van der Waals surface area contributed by atoms with Gasteiger partial charge in [-0.1, -0.05) is 12.2 Å². The summed E-state index contributed by atoms with van der Waals surface area (Å²) in [5, 5.41) is 3.32. The van der Waals surface area contributed by atoms with Gasteiger partial charge in [-0.15, -0.1) is 0 Å². The molecule has 2 bridgehead atoms. The summed E-state index contributed by atoms with van der Waals surface area (Å²) < 4.78 is 19.0. The third kappa shape index (κ3) is 2.34. The fraction of sp³-hybridized carbons (Fsp3) is 0.500. The maximum Gasteiger partial charge on any atom is 0.146 e. The van der Waals surface area contributed by atoms with Crippen molar-refractivity contribution in [2.75, 3.05) is 12.4 Å². The molecule has 102 valence electrons. The molecular formula is C16H20FNO. The van der Waals surface area contributed by atoms with Gasteiger partial charge >= 0.3 is 0 Å². The molecule has 0 aliphatic heterocycles. The molecule has 4 unspecified atom stereocenters. The molecule has 4 atom stereocenters. The van der Waals surface area contributed by atoms with Crippen LogP contribution in [0, 0.1) is 23.6 Å². The second-order valence-electron chi connectivity index (χ2n) is 5.72. The third-order valence-electron chi connectivity index (χ3n) is 4.53. The van der Waals surface area contributed by atoms with Crippen LogP contribution in [0.15, 0.2) is 30.4 Å². The van der Waals surface area contributed by atoms with Crippen LogP contribution in [-0.4, -0.2) is 13.2 Å². The van der Waals surface area contributed by atoms with E-state index in [2.05, 4.69) is 24.4 Å². The second kappa shape index (κ2) is 4.87. The van der Waals surface area contributed by atoms with E-state index in [1.54, 1.807) is 19.2 Å². The molecule has 3 rings (SSSR count). The molecule has 0 radical (unpaired) electrons. The van der Waals surface area contributed by atoms with Crippen LogP contribution in [-0.2, 0) is 0 Å². The summed E-state index contributed by atoms with van der Waals surface area (Å²) in [5.41, 5.74) is 0.540. The number of halogens is 1.